The van der Waals surface area contributed by atoms with Crippen LogP contribution in [0, 0.1) is 6.92 Å². The van der Waals surface area contributed by atoms with Crippen LogP contribution in [0.3, 0.4) is 0 Å². The quantitative estimate of drug-likeness (QED) is 0.265. The lowest BCUT2D eigenvalue weighted by Crippen LogP contribution is -2.29. The second-order valence-corrected chi connectivity index (χ2v) is 9.57. The monoisotopic (exact) mass is 504 g/mol. The minimum Gasteiger partial charge on any atom is -0.490 e. The summed E-state index contributed by atoms with van der Waals surface area (Å²) in [5, 5.41) is 4.97. The van der Waals surface area contributed by atoms with Gasteiger partial charge in [-0.15, -0.1) is 0 Å². The summed E-state index contributed by atoms with van der Waals surface area (Å²) in [7, 11) is -4.08. The zero-order chi connectivity index (χ0) is 25.9. The van der Waals surface area contributed by atoms with Crippen molar-refractivity contribution in [2.45, 2.75) is 25.7 Å². The van der Waals surface area contributed by atoms with Crippen molar-refractivity contribution < 1.29 is 26.9 Å². The molecule has 0 unspecified atom stereocenters. The van der Waals surface area contributed by atoms with Gasteiger partial charge in [-0.2, -0.15) is 18.5 Å². The molecule has 0 N–H and O–H groups in total. The molecule has 184 valence electrons. The fourth-order valence-corrected chi connectivity index (χ4v) is 4.45. The number of imide groups is 1. The van der Waals surface area contributed by atoms with E-state index in [1.54, 1.807) is 74.5 Å². The van der Waals surface area contributed by atoms with E-state index in [0.717, 1.165) is 10.6 Å². The number of hydrogen-bond donors (Lipinski definition) is 0. The zero-order valence-electron chi connectivity index (χ0n) is 20.0. The molecule has 0 spiro atoms. The van der Waals surface area contributed by atoms with Gasteiger partial charge in [-0.25, -0.2) is 0 Å². The highest BCUT2D eigenvalue weighted by Crippen LogP contribution is 2.32. The Morgan fingerprint density at radius 2 is 1.67 bits per heavy atom. The van der Waals surface area contributed by atoms with Gasteiger partial charge in [0.25, 0.3) is 11.8 Å². The molecule has 36 heavy (non-hydrogen) atoms. The third-order valence-corrected chi connectivity index (χ3v) is 6.61. The van der Waals surface area contributed by atoms with Crippen molar-refractivity contribution >= 4 is 33.7 Å². The van der Waals surface area contributed by atoms with Crippen LogP contribution in [-0.2, 0) is 14.9 Å². The number of hydrazone groups is 1. The van der Waals surface area contributed by atoms with Crippen molar-refractivity contribution in [3.63, 3.8) is 0 Å². The topological polar surface area (TPSA) is 102 Å². The van der Waals surface area contributed by atoms with Crippen LogP contribution in [0.2, 0.25) is 0 Å². The molecule has 1 aliphatic rings. The van der Waals surface area contributed by atoms with Crippen LogP contribution in [0.4, 0.5) is 0 Å². The van der Waals surface area contributed by atoms with Gasteiger partial charge >= 0.3 is 10.1 Å². The van der Waals surface area contributed by atoms with E-state index in [2.05, 4.69) is 5.10 Å². The first kappa shape index (κ1) is 24.9. The van der Waals surface area contributed by atoms with E-state index in [0.29, 0.717) is 16.8 Å². The van der Waals surface area contributed by atoms with Crippen LogP contribution in [-0.4, -0.2) is 37.6 Å². The van der Waals surface area contributed by atoms with Crippen molar-refractivity contribution in [2.24, 2.45) is 5.10 Å². The second kappa shape index (κ2) is 10.2. The van der Waals surface area contributed by atoms with E-state index in [-0.39, 0.29) is 28.6 Å². The van der Waals surface area contributed by atoms with Gasteiger partial charge in [0.1, 0.15) is 4.90 Å². The lowest BCUT2D eigenvalue weighted by atomic mass is 10.1. The number of amides is 2. The first-order valence-electron chi connectivity index (χ1n) is 11.2. The molecule has 3 aromatic carbocycles. The number of nitrogens with zero attached hydrogens (tertiary/aromatic N) is 2. The fraction of sp³-hybridized carbons (Fsp3) is 0.148. The lowest BCUT2D eigenvalue weighted by Gasteiger charge is -2.13. The van der Waals surface area contributed by atoms with Crippen LogP contribution in [0.5, 0.6) is 11.5 Å². The standard InChI is InChI=1S/C27H24N2O6S/c1-4-34-25-17-20(12-15-24(25)35-36(32,33)22-13-10-18(2)11-14-22)16-23-19(3)28-29(27(23)31)26(30)21-8-6-5-7-9-21/h5-17H,4H2,1-3H3/b23-16+. The minimum atomic E-state index is -4.08. The number of hydrogen-bond acceptors (Lipinski definition) is 7. The molecule has 9 heteroatoms. The highest BCUT2D eigenvalue weighted by Gasteiger charge is 2.33. The fourth-order valence-electron chi connectivity index (χ4n) is 3.51. The average Bonchev–Trinajstić information content (AvgIpc) is 3.14. The van der Waals surface area contributed by atoms with Gasteiger partial charge in [0.05, 0.1) is 17.9 Å². The largest absolute Gasteiger partial charge is 0.490 e. The maximum Gasteiger partial charge on any atom is 0.339 e. The van der Waals surface area contributed by atoms with E-state index in [1.165, 1.54) is 18.2 Å². The van der Waals surface area contributed by atoms with Gasteiger partial charge in [0, 0.05) is 5.56 Å². The summed E-state index contributed by atoms with van der Waals surface area (Å²) < 4.78 is 36.5. The second-order valence-electron chi connectivity index (χ2n) is 8.02. The van der Waals surface area contributed by atoms with Crippen LogP contribution in [0.25, 0.3) is 6.08 Å². The first-order valence-corrected chi connectivity index (χ1v) is 12.6. The van der Waals surface area contributed by atoms with E-state index in [4.69, 9.17) is 8.92 Å². The Morgan fingerprint density at radius 3 is 2.33 bits per heavy atom. The number of carbonyl (C=O) groups excluding carboxylic acids is 2. The summed E-state index contributed by atoms with van der Waals surface area (Å²) in [4.78, 5) is 25.7. The predicted molar refractivity (Wildman–Crippen MR) is 135 cm³/mol. The molecule has 2 amide bonds. The number of ether oxygens (including phenoxy) is 1. The number of carbonyl (C=O) groups is 2. The van der Waals surface area contributed by atoms with E-state index in [1.807, 2.05) is 6.92 Å². The van der Waals surface area contributed by atoms with Crippen LogP contribution >= 0.6 is 0 Å². The minimum absolute atomic E-state index is 0.0172. The number of aryl methyl sites for hydroxylation is 1. The molecule has 0 saturated heterocycles. The molecule has 0 aliphatic carbocycles. The summed E-state index contributed by atoms with van der Waals surface area (Å²) in [6, 6.07) is 19.3. The Labute approximate surface area is 209 Å². The smallest absolute Gasteiger partial charge is 0.339 e. The summed E-state index contributed by atoms with van der Waals surface area (Å²) >= 11 is 0. The molecule has 1 aliphatic heterocycles. The maximum atomic E-state index is 13.0. The summed E-state index contributed by atoms with van der Waals surface area (Å²) in [5.74, 6) is -0.867. The zero-order valence-corrected chi connectivity index (χ0v) is 20.8. The number of rotatable bonds is 7. The first-order chi connectivity index (χ1) is 17.2. The Bertz CT molecular complexity index is 1480. The van der Waals surface area contributed by atoms with Gasteiger partial charge in [-0.3, -0.25) is 9.59 Å². The molecule has 1 heterocycles. The number of benzene rings is 3. The highest BCUT2D eigenvalue weighted by molar-refractivity contribution is 7.87. The van der Waals surface area contributed by atoms with Gasteiger partial charge in [-0.1, -0.05) is 42.0 Å². The molecule has 3 aromatic rings. The molecule has 0 fully saturated rings. The van der Waals surface area contributed by atoms with Crippen LogP contribution < -0.4 is 8.92 Å². The molecule has 0 saturated carbocycles. The van der Waals surface area contributed by atoms with Crippen molar-refractivity contribution in [3.8, 4) is 11.5 Å². The van der Waals surface area contributed by atoms with Gasteiger partial charge in [0.15, 0.2) is 11.5 Å². The van der Waals surface area contributed by atoms with Crippen LogP contribution in [0.1, 0.15) is 35.3 Å². The molecular formula is C27H24N2O6S. The van der Waals surface area contributed by atoms with Crippen molar-refractivity contribution in [2.75, 3.05) is 6.61 Å². The Kier molecular flexibility index (Phi) is 7.03. The summed E-state index contributed by atoms with van der Waals surface area (Å²) in [6.45, 7) is 5.51. The molecular weight excluding hydrogens is 480 g/mol. The molecule has 0 atom stereocenters. The Balaban J connectivity index is 1.61. The van der Waals surface area contributed by atoms with E-state index in [9.17, 15) is 18.0 Å². The Hall–Kier alpha value is -4.24. The van der Waals surface area contributed by atoms with Crippen molar-refractivity contribution in [1.29, 1.82) is 0 Å². The lowest BCUT2D eigenvalue weighted by molar-refractivity contribution is -0.123. The highest BCUT2D eigenvalue weighted by atomic mass is 32.2. The molecule has 8 nitrogen and oxygen atoms in total. The SMILES string of the molecule is CCOc1cc(/C=C2/C(=O)N(C(=O)c3ccccc3)N=C2C)ccc1OS(=O)(=O)c1ccc(C)cc1. The average molecular weight is 505 g/mol. The summed E-state index contributed by atoms with van der Waals surface area (Å²) in [5.41, 5.74) is 2.43. The third kappa shape index (κ3) is 5.21. The normalized spacial score (nSPS) is 14.6. The van der Waals surface area contributed by atoms with Crippen molar-refractivity contribution in [1.82, 2.24) is 5.01 Å². The maximum absolute atomic E-state index is 13.0. The molecule has 4 rings (SSSR count). The third-order valence-electron chi connectivity index (χ3n) is 5.36. The molecule has 0 radical (unpaired) electrons. The van der Waals surface area contributed by atoms with Gasteiger partial charge in [0.2, 0.25) is 0 Å². The van der Waals surface area contributed by atoms with Gasteiger partial charge in [-0.05, 0) is 68.8 Å². The van der Waals surface area contributed by atoms with Crippen LogP contribution in [0.15, 0.2) is 88.4 Å². The molecule has 0 aromatic heterocycles. The summed E-state index contributed by atoms with van der Waals surface area (Å²) in [6.07, 6.45) is 1.57. The predicted octanol–water partition coefficient (Wildman–Crippen LogP) is 4.60. The van der Waals surface area contributed by atoms with E-state index >= 15 is 0 Å². The Morgan fingerprint density at radius 1 is 0.972 bits per heavy atom. The van der Waals surface area contributed by atoms with Gasteiger partial charge < -0.3 is 8.92 Å². The van der Waals surface area contributed by atoms with Crippen molar-refractivity contribution in [3.05, 3.63) is 95.1 Å². The van der Waals surface area contributed by atoms with E-state index < -0.39 is 21.9 Å². The molecule has 0 bridgehead atoms.